The molecule has 3 rings (SSSR count). The summed E-state index contributed by atoms with van der Waals surface area (Å²) in [6.07, 6.45) is 1.73. The second-order valence-electron chi connectivity index (χ2n) is 5.86. The van der Waals surface area contributed by atoms with E-state index >= 15 is 0 Å². The van der Waals surface area contributed by atoms with Crippen molar-refractivity contribution in [2.45, 2.75) is 29.9 Å². The van der Waals surface area contributed by atoms with Crippen LogP contribution in [0.3, 0.4) is 0 Å². The van der Waals surface area contributed by atoms with Crippen molar-refractivity contribution in [3.05, 3.63) is 59.1 Å². The van der Waals surface area contributed by atoms with E-state index in [0.717, 1.165) is 24.1 Å². The zero-order valence-corrected chi connectivity index (χ0v) is 14.8. The van der Waals surface area contributed by atoms with E-state index in [9.17, 15) is 13.2 Å². The molecule has 1 unspecified atom stereocenters. The summed E-state index contributed by atoms with van der Waals surface area (Å²) in [7, 11) is -3.76. The Morgan fingerprint density at radius 1 is 1.12 bits per heavy atom. The van der Waals surface area contributed by atoms with Crippen LogP contribution < -0.4 is 4.90 Å². The van der Waals surface area contributed by atoms with E-state index < -0.39 is 21.0 Å². The van der Waals surface area contributed by atoms with Gasteiger partial charge in [-0.2, -0.15) is 0 Å². The highest BCUT2D eigenvalue weighted by Gasteiger charge is 2.35. The van der Waals surface area contributed by atoms with Gasteiger partial charge in [0.15, 0.2) is 9.84 Å². The number of aryl methyl sites for hydroxylation is 1. The van der Waals surface area contributed by atoms with Crippen molar-refractivity contribution in [3.63, 3.8) is 0 Å². The fraction of sp³-hybridized carbons (Fsp3) is 0.278. The molecule has 6 heteroatoms. The monoisotopic (exact) mass is 363 g/mol. The predicted octanol–water partition coefficient (Wildman–Crippen LogP) is 3.48. The number of sulfone groups is 1. The number of carbonyl (C=O) groups excluding carboxylic acids is 1. The van der Waals surface area contributed by atoms with E-state index in [1.54, 1.807) is 4.90 Å². The minimum Gasteiger partial charge on any atom is -0.311 e. The van der Waals surface area contributed by atoms with Crippen LogP contribution in [0.25, 0.3) is 0 Å². The summed E-state index contributed by atoms with van der Waals surface area (Å²) in [5, 5.41) is -0.692. The Labute approximate surface area is 147 Å². The molecule has 2 aromatic rings. The van der Waals surface area contributed by atoms with Crippen LogP contribution in [0.5, 0.6) is 0 Å². The van der Waals surface area contributed by atoms with Crippen LogP contribution in [0.4, 0.5) is 5.69 Å². The number of nitrogens with zero attached hydrogens (tertiary/aromatic N) is 1. The van der Waals surface area contributed by atoms with Gasteiger partial charge in [-0.05, 0) is 55.7 Å². The van der Waals surface area contributed by atoms with Crippen molar-refractivity contribution in [1.29, 1.82) is 0 Å². The highest BCUT2D eigenvalue weighted by molar-refractivity contribution is 7.92. The van der Waals surface area contributed by atoms with Gasteiger partial charge in [-0.1, -0.05) is 29.8 Å². The zero-order valence-electron chi connectivity index (χ0n) is 13.3. The first-order valence-corrected chi connectivity index (χ1v) is 9.72. The number of anilines is 1. The smallest absolute Gasteiger partial charge is 0.245 e. The predicted molar refractivity (Wildman–Crippen MR) is 95.2 cm³/mol. The Hall–Kier alpha value is -1.85. The molecule has 0 N–H and O–H groups in total. The Morgan fingerprint density at radius 3 is 2.50 bits per heavy atom. The first-order valence-electron chi connectivity index (χ1n) is 7.80. The van der Waals surface area contributed by atoms with E-state index in [1.165, 1.54) is 31.2 Å². The molecule has 1 aliphatic heterocycles. The minimum atomic E-state index is -3.76. The summed E-state index contributed by atoms with van der Waals surface area (Å²) in [5.74, 6) is -0.392. The summed E-state index contributed by atoms with van der Waals surface area (Å²) in [4.78, 5) is 14.6. The lowest BCUT2D eigenvalue weighted by molar-refractivity contribution is -0.118. The van der Waals surface area contributed by atoms with Crippen LogP contribution in [0, 0.1) is 0 Å². The molecule has 1 amide bonds. The Morgan fingerprint density at radius 2 is 1.79 bits per heavy atom. The molecule has 0 radical (unpaired) electrons. The van der Waals surface area contributed by atoms with Crippen LogP contribution in [0.2, 0.25) is 5.02 Å². The zero-order chi connectivity index (χ0) is 17.3. The van der Waals surface area contributed by atoms with Gasteiger partial charge in [0.2, 0.25) is 5.91 Å². The molecule has 0 fully saturated rings. The molecule has 1 aliphatic rings. The number of para-hydroxylation sites is 1. The van der Waals surface area contributed by atoms with Gasteiger partial charge in [-0.25, -0.2) is 8.42 Å². The SMILES string of the molecule is CC(C(=O)N1CCCc2ccccc21)S(=O)(=O)c1ccc(Cl)cc1. The van der Waals surface area contributed by atoms with Crippen molar-refractivity contribution < 1.29 is 13.2 Å². The summed E-state index contributed by atoms with van der Waals surface area (Å²) in [6.45, 7) is 1.99. The number of hydrogen-bond acceptors (Lipinski definition) is 3. The second kappa shape index (κ2) is 6.57. The van der Waals surface area contributed by atoms with Crippen LogP contribution in [0.15, 0.2) is 53.4 Å². The molecular weight excluding hydrogens is 346 g/mol. The maximum absolute atomic E-state index is 12.9. The molecule has 126 valence electrons. The first-order chi connectivity index (χ1) is 11.4. The van der Waals surface area contributed by atoms with E-state index in [4.69, 9.17) is 11.6 Å². The number of hydrogen-bond donors (Lipinski definition) is 0. The molecule has 0 spiro atoms. The highest BCUT2D eigenvalue weighted by atomic mass is 35.5. The molecular formula is C18H18ClNO3S. The van der Waals surface area contributed by atoms with Gasteiger partial charge in [0, 0.05) is 17.3 Å². The maximum Gasteiger partial charge on any atom is 0.245 e. The number of amides is 1. The largest absolute Gasteiger partial charge is 0.311 e. The molecule has 0 aliphatic carbocycles. The number of halogens is 1. The van der Waals surface area contributed by atoms with Gasteiger partial charge >= 0.3 is 0 Å². The van der Waals surface area contributed by atoms with Gasteiger partial charge in [0.05, 0.1) is 4.90 Å². The van der Waals surface area contributed by atoms with Crippen molar-refractivity contribution >= 4 is 33.0 Å². The molecule has 1 atom stereocenters. The van der Waals surface area contributed by atoms with Crippen molar-refractivity contribution in [1.82, 2.24) is 0 Å². The number of rotatable bonds is 3. The van der Waals surface area contributed by atoms with E-state index in [-0.39, 0.29) is 4.90 Å². The quantitative estimate of drug-likeness (QED) is 0.838. The summed E-state index contributed by atoms with van der Waals surface area (Å²) in [6, 6.07) is 13.5. The van der Waals surface area contributed by atoms with E-state index in [1.807, 2.05) is 24.3 Å². The number of benzene rings is 2. The van der Waals surface area contributed by atoms with Crippen LogP contribution >= 0.6 is 11.6 Å². The van der Waals surface area contributed by atoms with E-state index in [0.29, 0.717) is 11.6 Å². The minimum absolute atomic E-state index is 0.109. The van der Waals surface area contributed by atoms with Gasteiger partial charge < -0.3 is 4.90 Å². The van der Waals surface area contributed by atoms with Gasteiger partial charge in [-0.3, -0.25) is 4.79 Å². The molecule has 24 heavy (non-hydrogen) atoms. The first kappa shape index (κ1) is 17.0. The third-order valence-electron chi connectivity index (χ3n) is 4.33. The van der Waals surface area contributed by atoms with Crippen LogP contribution in [0.1, 0.15) is 18.9 Å². The van der Waals surface area contributed by atoms with Crippen molar-refractivity contribution in [3.8, 4) is 0 Å². The summed E-state index contributed by atoms with van der Waals surface area (Å²) < 4.78 is 25.5. The Bertz CT molecular complexity index is 862. The fourth-order valence-electron chi connectivity index (χ4n) is 2.94. The van der Waals surface area contributed by atoms with Gasteiger partial charge in [0.1, 0.15) is 5.25 Å². The lowest BCUT2D eigenvalue weighted by Gasteiger charge is -2.31. The summed E-state index contributed by atoms with van der Waals surface area (Å²) in [5.41, 5.74) is 1.89. The molecule has 1 heterocycles. The third-order valence-corrected chi connectivity index (χ3v) is 6.65. The van der Waals surface area contributed by atoms with E-state index in [2.05, 4.69) is 0 Å². The second-order valence-corrected chi connectivity index (χ2v) is 8.57. The number of fused-ring (bicyclic) bond motifs is 1. The van der Waals surface area contributed by atoms with Crippen LogP contribution in [-0.4, -0.2) is 26.1 Å². The highest BCUT2D eigenvalue weighted by Crippen LogP contribution is 2.29. The fourth-order valence-corrected chi connectivity index (χ4v) is 4.39. The molecule has 0 saturated heterocycles. The maximum atomic E-state index is 12.9. The van der Waals surface area contributed by atoms with Gasteiger partial charge in [-0.15, -0.1) is 0 Å². The number of carbonyl (C=O) groups is 1. The Kier molecular flexibility index (Phi) is 4.65. The molecule has 0 bridgehead atoms. The normalized spacial score (nSPS) is 15.7. The molecule has 2 aromatic carbocycles. The lowest BCUT2D eigenvalue weighted by Crippen LogP contribution is -2.44. The van der Waals surface area contributed by atoms with Crippen molar-refractivity contribution in [2.75, 3.05) is 11.4 Å². The Balaban J connectivity index is 1.92. The molecule has 0 saturated carbocycles. The molecule has 0 aromatic heterocycles. The van der Waals surface area contributed by atoms with Crippen molar-refractivity contribution in [2.24, 2.45) is 0 Å². The van der Waals surface area contributed by atoms with Crippen LogP contribution in [-0.2, 0) is 21.1 Å². The topological polar surface area (TPSA) is 54.5 Å². The average molecular weight is 364 g/mol. The molecule has 4 nitrogen and oxygen atoms in total. The standard InChI is InChI=1S/C18H18ClNO3S/c1-13(24(22,23)16-10-8-15(19)9-11-16)18(21)20-12-4-6-14-5-2-3-7-17(14)20/h2-3,5,7-11,13H,4,6,12H2,1H3. The third kappa shape index (κ3) is 3.06. The van der Waals surface area contributed by atoms with Gasteiger partial charge in [0.25, 0.3) is 0 Å². The summed E-state index contributed by atoms with van der Waals surface area (Å²) >= 11 is 5.81. The average Bonchev–Trinajstić information content (AvgIpc) is 2.60. The lowest BCUT2D eigenvalue weighted by atomic mass is 10.0.